The van der Waals surface area contributed by atoms with E-state index in [9.17, 15) is 13.2 Å². The van der Waals surface area contributed by atoms with E-state index < -0.39 is 10.0 Å². The van der Waals surface area contributed by atoms with Crippen molar-refractivity contribution in [2.24, 2.45) is 0 Å². The molecule has 8 nitrogen and oxygen atoms in total. The van der Waals surface area contributed by atoms with Crippen molar-refractivity contribution in [2.45, 2.75) is 4.90 Å². The van der Waals surface area contributed by atoms with Gasteiger partial charge in [-0.2, -0.15) is 4.31 Å². The number of hydrogen-bond donors (Lipinski definition) is 0. The maximum absolute atomic E-state index is 12.9. The number of piperazine rings is 1. The van der Waals surface area contributed by atoms with Crippen LogP contribution in [0.2, 0.25) is 0 Å². The van der Waals surface area contributed by atoms with Crippen molar-refractivity contribution in [1.29, 1.82) is 0 Å². The molecule has 3 rings (SSSR count). The number of carbonyl (C=O) groups excluding carboxylic acids is 1. The lowest BCUT2D eigenvalue weighted by Gasteiger charge is -2.35. The van der Waals surface area contributed by atoms with Gasteiger partial charge in [-0.3, -0.25) is 9.69 Å². The lowest BCUT2D eigenvalue weighted by atomic mass is 10.3. The third-order valence-electron chi connectivity index (χ3n) is 4.74. The summed E-state index contributed by atoms with van der Waals surface area (Å²) in [7, 11) is -2.18. The van der Waals surface area contributed by atoms with Gasteiger partial charge in [0.1, 0.15) is 10.6 Å². The van der Waals surface area contributed by atoms with Crippen LogP contribution in [0.1, 0.15) is 0 Å². The molecular weight excluding hydrogens is 358 g/mol. The summed E-state index contributed by atoms with van der Waals surface area (Å²) in [6, 6.07) is 6.59. The van der Waals surface area contributed by atoms with E-state index in [1.165, 1.54) is 11.4 Å². The molecule has 9 heteroatoms. The van der Waals surface area contributed by atoms with E-state index in [4.69, 9.17) is 9.47 Å². The number of nitrogens with zero attached hydrogens (tertiary/aromatic N) is 3. The largest absolute Gasteiger partial charge is 0.495 e. The van der Waals surface area contributed by atoms with Gasteiger partial charge in [-0.05, 0) is 12.1 Å². The second kappa shape index (κ2) is 8.34. The van der Waals surface area contributed by atoms with Crippen molar-refractivity contribution < 1.29 is 22.7 Å². The average Bonchev–Trinajstić information content (AvgIpc) is 2.68. The fourth-order valence-corrected chi connectivity index (χ4v) is 4.78. The third-order valence-corrected chi connectivity index (χ3v) is 6.68. The van der Waals surface area contributed by atoms with Crippen molar-refractivity contribution in [2.75, 3.05) is 66.1 Å². The number of para-hydroxylation sites is 1. The maximum atomic E-state index is 12.9. The van der Waals surface area contributed by atoms with Crippen molar-refractivity contribution in [3.63, 3.8) is 0 Å². The zero-order chi connectivity index (χ0) is 18.6. The normalized spacial score (nSPS) is 20.1. The van der Waals surface area contributed by atoms with E-state index in [0.29, 0.717) is 38.6 Å². The lowest BCUT2D eigenvalue weighted by Crippen LogP contribution is -2.53. The fraction of sp³-hybridized carbons (Fsp3) is 0.588. The Hall–Kier alpha value is -1.68. The monoisotopic (exact) mass is 383 g/mol. The molecule has 1 aromatic rings. The molecule has 0 saturated carbocycles. The molecule has 1 amide bonds. The van der Waals surface area contributed by atoms with Crippen LogP contribution in [0.15, 0.2) is 29.2 Å². The Morgan fingerprint density at radius 2 is 1.73 bits per heavy atom. The first-order valence-electron chi connectivity index (χ1n) is 8.73. The summed E-state index contributed by atoms with van der Waals surface area (Å²) in [5.74, 6) is 0.375. The van der Waals surface area contributed by atoms with Gasteiger partial charge < -0.3 is 14.4 Å². The standard InChI is InChI=1S/C17H25N3O5S/c1-24-15-4-2-3-5-16(15)26(22,23)20-8-6-19(7-9-20)17(21)14-18-10-12-25-13-11-18/h2-5H,6-14H2,1H3. The Balaban J connectivity index is 1.59. The summed E-state index contributed by atoms with van der Waals surface area (Å²) in [5.41, 5.74) is 0. The van der Waals surface area contributed by atoms with E-state index >= 15 is 0 Å². The van der Waals surface area contributed by atoms with Gasteiger partial charge in [0, 0.05) is 39.3 Å². The number of methoxy groups -OCH3 is 1. The highest BCUT2D eigenvalue weighted by atomic mass is 32.2. The highest BCUT2D eigenvalue weighted by molar-refractivity contribution is 7.89. The Kier molecular flexibility index (Phi) is 6.13. The second-order valence-electron chi connectivity index (χ2n) is 6.32. The van der Waals surface area contributed by atoms with Crippen LogP contribution >= 0.6 is 0 Å². The predicted octanol–water partition coefficient (Wildman–Crippen LogP) is -0.140. The summed E-state index contributed by atoms with van der Waals surface area (Å²) < 4.78 is 37.7. The highest BCUT2D eigenvalue weighted by Gasteiger charge is 2.32. The topological polar surface area (TPSA) is 79.4 Å². The molecule has 26 heavy (non-hydrogen) atoms. The van der Waals surface area contributed by atoms with Gasteiger partial charge in [0.25, 0.3) is 0 Å². The molecule has 2 aliphatic rings. The molecule has 2 fully saturated rings. The van der Waals surface area contributed by atoms with E-state index in [1.807, 2.05) is 0 Å². The number of hydrogen-bond acceptors (Lipinski definition) is 6. The van der Waals surface area contributed by atoms with Crippen molar-refractivity contribution in [3.05, 3.63) is 24.3 Å². The van der Waals surface area contributed by atoms with Crippen LogP contribution in [0, 0.1) is 0 Å². The minimum absolute atomic E-state index is 0.0428. The second-order valence-corrected chi connectivity index (χ2v) is 8.23. The minimum atomic E-state index is -3.64. The first-order chi connectivity index (χ1) is 12.5. The van der Waals surface area contributed by atoms with Gasteiger partial charge in [-0.15, -0.1) is 0 Å². The molecule has 2 heterocycles. The van der Waals surface area contributed by atoms with Gasteiger partial charge >= 0.3 is 0 Å². The van der Waals surface area contributed by atoms with Gasteiger partial charge in [-0.25, -0.2) is 8.42 Å². The van der Waals surface area contributed by atoms with E-state index in [2.05, 4.69) is 4.90 Å². The summed E-state index contributed by atoms with van der Waals surface area (Å²) >= 11 is 0. The summed E-state index contributed by atoms with van der Waals surface area (Å²) in [6.45, 7) is 4.56. The molecule has 0 spiro atoms. The Bertz CT molecular complexity index is 726. The van der Waals surface area contributed by atoms with Gasteiger partial charge in [0.15, 0.2) is 0 Å². The lowest BCUT2D eigenvalue weighted by molar-refractivity contribution is -0.134. The van der Waals surface area contributed by atoms with Gasteiger partial charge in [-0.1, -0.05) is 12.1 Å². The summed E-state index contributed by atoms with van der Waals surface area (Å²) in [4.78, 5) is 16.4. The number of amides is 1. The molecule has 0 unspecified atom stereocenters. The van der Waals surface area contributed by atoms with Crippen LogP contribution in [0.25, 0.3) is 0 Å². The van der Waals surface area contributed by atoms with E-state index in [-0.39, 0.29) is 23.9 Å². The number of ether oxygens (including phenoxy) is 2. The van der Waals surface area contributed by atoms with Crippen molar-refractivity contribution in [1.82, 2.24) is 14.1 Å². The fourth-order valence-electron chi connectivity index (χ4n) is 3.20. The SMILES string of the molecule is COc1ccccc1S(=O)(=O)N1CCN(C(=O)CN2CCOCC2)CC1. The summed E-state index contributed by atoms with van der Waals surface area (Å²) in [6.07, 6.45) is 0. The van der Waals surface area contributed by atoms with Crippen molar-refractivity contribution in [3.8, 4) is 5.75 Å². The number of benzene rings is 1. The van der Waals surface area contributed by atoms with Gasteiger partial charge in [0.2, 0.25) is 15.9 Å². The number of sulfonamides is 1. The molecule has 144 valence electrons. The third kappa shape index (κ3) is 4.17. The predicted molar refractivity (Wildman–Crippen MR) is 95.6 cm³/mol. The summed E-state index contributed by atoms with van der Waals surface area (Å²) in [5, 5.41) is 0. The van der Waals surface area contributed by atoms with Gasteiger partial charge in [0.05, 0.1) is 26.9 Å². The number of morpholine rings is 1. The van der Waals surface area contributed by atoms with E-state index in [0.717, 1.165) is 13.1 Å². The van der Waals surface area contributed by atoms with Crippen LogP contribution < -0.4 is 4.74 Å². The van der Waals surface area contributed by atoms with Crippen LogP contribution in [0.3, 0.4) is 0 Å². The maximum Gasteiger partial charge on any atom is 0.246 e. The zero-order valence-electron chi connectivity index (χ0n) is 15.0. The molecule has 2 aliphatic heterocycles. The van der Waals surface area contributed by atoms with E-state index in [1.54, 1.807) is 29.2 Å². The van der Waals surface area contributed by atoms with Crippen LogP contribution in [0.4, 0.5) is 0 Å². The first-order valence-corrected chi connectivity index (χ1v) is 10.2. The number of carbonyl (C=O) groups is 1. The zero-order valence-corrected chi connectivity index (χ0v) is 15.8. The molecule has 0 N–H and O–H groups in total. The van der Waals surface area contributed by atoms with Crippen molar-refractivity contribution >= 4 is 15.9 Å². The van der Waals surface area contributed by atoms with Crippen LogP contribution in [-0.4, -0.2) is 94.6 Å². The quantitative estimate of drug-likeness (QED) is 0.704. The van der Waals surface area contributed by atoms with Crippen LogP contribution in [-0.2, 0) is 19.6 Å². The molecular formula is C17H25N3O5S. The molecule has 1 aromatic carbocycles. The highest BCUT2D eigenvalue weighted by Crippen LogP contribution is 2.26. The van der Waals surface area contributed by atoms with Crippen LogP contribution in [0.5, 0.6) is 5.75 Å². The molecule has 0 aromatic heterocycles. The Morgan fingerprint density at radius 3 is 2.38 bits per heavy atom. The minimum Gasteiger partial charge on any atom is -0.495 e. The smallest absolute Gasteiger partial charge is 0.246 e. The molecule has 0 bridgehead atoms. The molecule has 0 atom stereocenters. The average molecular weight is 383 g/mol. The Morgan fingerprint density at radius 1 is 1.08 bits per heavy atom. The number of rotatable bonds is 5. The first kappa shape index (κ1) is 19.1. The molecule has 0 aliphatic carbocycles. The molecule has 0 radical (unpaired) electrons. The Labute approximate surface area is 154 Å². The molecule has 2 saturated heterocycles.